The predicted octanol–water partition coefficient (Wildman–Crippen LogP) is 2.57. The van der Waals surface area contributed by atoms with Gasteiger partial charge in [-0.3, -0.25) is 4.79 Å². The van der Waals surface area contributed by atoms with Crippen LogP contribution in [0.2, 0.25) is 0 Å². The molecule has 2 N–H and O–H groups in total. The van der Waals surface area contributed by atoms with E-state index in [9.17, 15) is 14.7 Å². The highest BCUT2D eigenvalue weighted by Gasteiger charge is 2.41. The molecule has 2 aromatic rings. The second kappa shape index (κ2) is 6.92. The fourth-order valence-electron chi connectivity index (χ4n) is 3.05. The van der Waals surface area contributed by atoms with Crippen molar-refractivity contribution in [2.45, 2.75) is 32.2 Å². The lowest BCUT2D eigenvalue weighted by molar-refractivity contribution is -0.144. The number of carboxylic acid groups (broad SMARTS) is 1. The van der Waals surface area contributed by atoms with E-state index in [-0.39, 0.29) is 5.91 Å². The number of hydrogen-bond acceptors (Lipinski definition) is 4. The standard InChI is InChI=1S/C18H21N3O3S/c1-12-11-13(2)21(20-12)15-5-3-14(4-6-15)16(22)19-18(17(23)24)7-9-25-10-8-18/h3-6,11H,7-10H2,1-2H3,(H,19,22)(H,23,24). The van der Waals surface area contributed by atoms with E-state index in [1.165, 1.54) is 0 Å². The van der Waals surface area contributed by atoms with Crippen LogP contribution in [0.25, 0.3) is 5.69 Å². The summed E-state index contributed by atoms with van der Waals surface area (Å²) in [6, 6.07) is 9.03. The molecular weight excluding hydrogens is 338 g/mol. The van der Waals surface area contributed by atoms with Gasteiger partial charge in [0.25, 0.3) is 5.91 Å². The normalized spacial score (nSPS) is 16.4. The number of benzene rings is 1. The molecule has 7 heteroatoms. The van der Waals surface area contributed by atoms with Crippen molar-refractivity contribution in [2.24, 2.45) is 0 Å². The van der Waals surface area contributed by atoms with E-state index in [1.807, 2.05) is 36.7 Å². The van der Waals surface area contributed by atoms with Gasteiger partial charge in [0, 0.05) is 11.3 Å². The van der Waals surface area contributed by atoms with Gasteiger partial charge in [0.2, 0.25) is 0 Å². The fourth-order valence-corrected chi connectivity index (χ4v) is 4.24. The SMILES string of the molecule is Cc1cc(C)n(-c2ccc(C(=O)NC3(C(=O)O)CCSCC3)cc2)n1. The molecule has 1 aromatic heterocycles. The number of carbonyl (C=O) groups is 2. The average molecular weight is 359 g/mol. The maximum absolute atomic E-state index is 12.5. The first-order valence-electron chi connectivity index (χ1n) is 8.19. The minimum atomic E-state index is -1.16. The first kappa shape index (κ1) is 17.5. The first-order valence-corrected chi connectivity index (χ1v) is 9.34. The number of nitrogens with one attached hydrogen (secondary N) is 1. The van der Waals surface area contributed by atoms with Crippen molar-refractivity contribution in [2.75, 3.05) is 11.5 Å². The van der Waals surface area contributed by atoms with Gasteiger partial charge in [-0.2, -0.15) is 16.9 Å². The zero-order valence-corrected chi connectivity index (χ0v) is 15.1. The number of nitrogens with zero attached hydrogens (tertiary/aromatic N) is 2. The monoisotopic (exact) mass is 359 g/mol. The summed E-state index contributed by atoms with van der Waals surface area (Å²) < 4.78 is 1.81. The van der Waals surface area contributed by atoms with Crippen LogP contribution in [0.4, 0.5) is 0 Å². The van der Waals surface area contributed by atoms with Gasteiger partial charge in [0.15, 0.2) is 0 Å². The first-order chi connectivity index (χ1) is 11.9. The van der Waals surface area contributed by atoms with Crippen molar-refractivity contribution in [3.05, 3.63) is 47.3 Å². The fraction of sp³-hybridized carbons (Fsp3) is 0.389. The van der Waals surface area contributed by atoms with E-state index in [4.69, 9.17) is 0 Å². The van der Waals surface area contributed by atoms with Crippen molar-refractivity contribution in [3.63, 3.8) is 0 Å². The summed E-state index contributed by atoms with van der Waals surface area (Å²) in [4.78, 5) is 24.2. The Hall–Kier alpha value is -2.28. The van der Waals surface area contributed by atoms with Crippen molar-refractivity contribution < 1.29 is 14.7 Å². The van der Waals surface area contributed by atoms with E-state index < -0.39 is 11.5 Å². The lowest BCUT2D eigenvalue weighted by Gasteiger charge is -2.33. The molecule has 0 spiro atoms. The molecule has 1 fully saturated rings. The van der Waals surface area contributed by atoms with Gasteiger partial charge in [-0.1, -0.05) is 0 Å². The molecule has 0 unspecified atom stereocenters. The molecule has 1 aliphatic rings. The number of amides is 1. The van der Waals surface area contributed by atoms with E-state index in [1.54, 1.807) is 23.9 Å². The summed E-state index contributed by atoms with van der Waals surface area (Å²) in [5.41, 5.74) is 2.10. The van der Waals surface area contributed by atoms with Gasteiger partial charge < -0.3 is 10.4 Å². The third-order valence-electron chi connectivity index (χ3n) is 4.49. The molecule has 2 heterocycles. The molecule has 1 aliphatic heterocycles. The zero-order valence-electron chi connectivity index (χ0n) is 14.3. The Morgan fingerprint density at radius 3 is 2.36 bits per heavy atom. The third-order valence-corrected chi connectivity index (χ3v) is 5.48. The van der Waals surface area contributed by atoms with Gasteiger partial charge >= 0.3 is 5.97 Å². The molecule has 0 saturated carbocycles. The molecule has 1 amide bonds. The van der Waals surface area contributed by atoms with Crippen molar-refractivity contribution >= 4 is 23.6 Å². The second-order valence-corrected chi connectivity index (χ2v) is 7.56. The summed E-state index contributed by atoms with van der Waals surface area (Å²) in [7, 11) is 0. The highest BCUT2D eigenvalue weighted by molar-refractivity contribution is 7.99. The number of hydrogen-bond donors (Lipinski definition) is 2. The largest absolute Gasteiger partial charge is 0.480 e. The lowest BCUT2D eigenvalue weighted by Crippen LogP contribution is -2.56. The Kier molecular flexibility index (Phi) is 4.85. The maximum Gasteiger partial charge on any atom is 0.329 e. The Morgan fingerprint density at radius 1 is 1.20 bits per heavy atom. The number of carboxylic acids is 1. The van der Waals surface area contributed by atoms with Crippen LogP contribution < -0.4 is 5.32 Å². The summed E-state index contributed by atoms with van der Waals surface area (Å²) in [5.74, 6) is 0.169. The minimum Gasteiger partial charge on any atom is -0.480 e. The number of aliphatic carboxylic acids is 1. The smallest absolute Gasteiger partial charge is 0.329 e. The molecule has 6 nitrogen and oxygen atoms in total. The van der Waals surface area contributed by atoms with Gasteiger partial charge in [-0.15, -0.1) is 0 Å². The number of carbonyl (C=O) groups excluding carboxylic acids is 1. The van der Waals surface area contributed by atoms with Crippen LogP contribution in [0.3, 0.4) is 0 Å². The van der Waals surface area contributed by atoms with E-state index >= 15 is 0 Å². The summed E-state index contributed by atoms with van der Waals surface area (Å²) in [6.45, 7) is 3.90. The van der Waals surface area contributed by atoms with E-state index in [0.29, 0.717) is 18.4 Å². The summed E-state index contributed by atoms with van der Waals surface area (Å²) in [5, 5.41) is 16.7. The van der Waals surface area contributed by atoms with Crippen LogP contribution in [0.1, 0.15) is 34.6 Å². The molecular formula is C18H21N3O3S. The minimum absolute atomic E-state index is 0.353. The molecule has 0 atom stereocenters. The molecule has 132 valence electrons. The van der Waals surface area contributed by atoms with Crippen LogP contribution in [0, 0.1) is 13.8 Å². The summed E-state index contributed by atoms with van der Waals surface area (Å²) >= 11 is 1.72. The molecule has 0 radical (unpaired) electrons. The van der Waals surface area contributed by atoms with Gasteiger partial charge in [0.05, 0.1) is 11.4 Å². The third kappa shape index (κ3) is 3.56. The van der Waals surface area contributed by atoms with E-state index in [0.717, 1.165) is 28.6 Å². The second-order valence-electron chi connectivity index (χ2n) is 6.34. The van der Waals surface area contributed by atoms with Crippen LogP contribution >= 0.6 is 11.8 Å². The number of rotatable bonds is 4. The van der Waals surface area contributed by atoms with Crippen molar-refractivity contribution in [1.29, 1.82) is 0 Å². The van der Waals surface area contributed by atoms with Gasteiger partial charge in [-0.25, -0.2) is 9.48 Å². The van der Waals surface area contributed by atoms with Crippen LogP contribution in [-0.4, -0.2) is 43.8 Å². The highest BCUT2D eigenvalue weighted by atomic mass is 32.2. The maximum atomic E-state index is 12.5. The Labute approximate surface area is 150 Å². The lowest BCUT2D eigenvalue weighted by atomic mass is 9.92. The Balaban J connectivity index is 1.78. The average Bonchev–Trinajstić information content (AvgIpc) is 2.94. The van der Waals surface area contributed by atoms with Gasteiger partial charge in [-0.05, 0) is 68.5 Å². The van der Waals surface area contributed by atoms with Crippen LogP contribution in [-0.2, 0) is 4.79 Å². The Bertz CT molecular complexity index is 792. The summed E-state index contributed by atoms with van der Waals surface area (Å²) in [6.07, 6.45) is 0.894. The molecule has 0 bridgehead atoms. The topological polar surface area (TPSA) is 84.2 Å². The highest BCUT2D eigenvalue weighted by Crippen LogP contribution is 2.28. The molecule has 1 saturated heterocycles. The Morgan fingerprint density at radius 2 is 1.84 bits per heavy atom. The van der Waals surface area contributed by atoms with Crippen molar-refractivity contribution in [1.82, 2.24) is 15.1 Å². The van der Waals surface area contributed by atoms with Crippen LogP contribution in [0.5, 0.6) is 0 Å². The predicted molar refractivity (Wildman–Crippen MR) is 97.4 cm³/mol. The number of aromatic nitrogens is 2. The van der Waals surface area contributed by atoms with Gasteiger partial charge in [0.1, 0.15) is 5.54 Å². The number of aryl methyl sites for hydroxylation is 2. The molecule has 25 heavy (non-hydrogen) atoms. The zero-order chi connectivity index (χ0) is 18.0. The number of thioether (sulfide) groups is 1. The van der Waals surface area contributed by atoms with Crippen molar-refractivity contribution in [3.8, 4) is 5.69 Å². The molecule has 0 aliphatic carbocycles. The molecule has 1 aromatic carbocycles. The quantitative estimate of drug-likeness (QED) is 0.876. The van der Waals surface area contributed by atoms with E-state index in [2.05, 4.69) is 10.4 Å². The molecule has 3 rings (SSSR count). The van der Waals surface area contributed by atoms with Crippen LogP contribution in [0.15, 0.2) is 30.3 Å².